The maximum Gasteiger partial charge on any atom is 0.343 e. The number of halogens is 1. The summed E-state index contributed by atoms with van der Waals surface area (Å²) in [5.41, 5.74) is -1.07. The van der Waals surface area contributed by atoms with E-state index in [0.717, 1.165) is 32.5 Å². The van der Waals surface area contributed by atoms with E-state index >= 15 is 0 Å². The molecule has 1 aromatic rings. The lowest BCUT2D eigenvalue weighted by Crippen LogP contribution is -2.53. The predicted octanol–water partition coefficient (Wildman–Crippen LogP) is 2.81. The molecule has 1 aromatic carbocycles. The highest BCUT2D eigenvalue weighted by Crippen LogP contribution is 2.33. The molecule has 1 N–H and O–H groups in total. The highest BCUT2D eigenvalue weighted by Gasteiger charge is 2.43. The lowest BCUT2D eigenvalue weighted by Gasteiger charge is -2.44. The monoisotopic (exact) mass is 376 g/mol. The molecule has 124 valence electrons. The first kappa shape index (κ1) is 16.7. The van der Waals surface area contributed by atoms with Gasteiger partial charge in [-0.1, -0.05) is 52.3 Å². The summed E-state index contributed by atoms with van der Waals surface area (Å²) in [7, 11) is 0. The van der Waals surface area contributed by atoms with Crippen molar-refractivity contribution in [1.82, 2.24) is 4.90 Å². The van der Waals surface area contributed by atoms with Crippen molar-refractivity contribution in [3.63, 3.8) is 0 Å². The Balaban J connectivity index is 1.78. The summed E-state index contributed by atoms with van der Waals surface area (Å²) in [6, 6.07) is 9.03. The molecule has 0 aromatic heterocycles. The van der Waals surface area contributed by atoms with Crippen LogP contribution in [0.1, 0.15) is 24.8 Å². The second kappa shape index (κ2) is 7.16. The molecule has 3 saturated heterocycles. The van der Waals surface area contributed by atoms with Gasteiger partial charge in [-0.05, 0) is 42.4 Å². The molecule has 3 fully saturated rings. The number of ether oxygens (including phenoxy) is 1. The van der Waals surface area contributed by atoms with Gasteiger partial charge < -0.3 is 9.84 Å². The van der Waals surface area contributed by atoms with E-state index in [9.17, 15) is 9.90 Å². The van der Waals surface area contributed by atoms with Crippen LogP contribution in [0.15, 0.2) is 41.4 Å². The van der Waals surface area contributed by atoms with E-state index in [1.54, 1.807) is 23.2 Å². The van der Waals surface area contributed by atoms with Crippen LogP contribution in [0.3, 0.4) is 0 Å². The first-order valence-corrected chi connectivity index (χ1v) is 9.01. The Kier molecular flexibility index (Phi) is 5.19. The number of benzene rings is 1. The van der Waals surface area contributed by atoms with Crippen molar-refractivity contribution in [2.45, 2.75) is 31.0 Å². The summed E-state index contributed by atoms with van der Waals surface area (Å²) in [5, 5.41) is 11.0. The van der Waals surface area contributed by atoms with E-state index in [-0.39, 0.29) is 12.5 Å². The molecule has 0 amide bonds. The van der Waals surface area contributed by atoms with Crippen LogP contribution >= 0.6 is 15.9 Å². The summed E-state index contributed by atoms with van der Waals surface area (Å²) < 4.78 is 5.76. The summed E-state index contributed by atoms with van der Waals surface area (Å²) in [5.74, 6) is -0.122. The molecule has 0 aliphatic carbocycles. The minimum atomic E-state index is -1.64. The Morgan fingerprint density at radius 3 is 2.61 bits per heavy atom. The fraction of sp³-hybridized carbons (Fsp3) is 0.500. The van der Waals surface area contributed by atoms with Crippen LogP contribution < -0.4 is 0 Å². The second-order valence-electron chi connectivity index (χ2n) is 6.37. The fourth-order valence-corrected chi connectivity index (χ4v) is 3.71. The third kappa shape index (κ3) is 3.52. The summed E-state index contributed by atoms with van der Waals surface area (Å²) in [4.78, 5) is 16.8. The maximum absolute atomic E-state index is 12.8. The molecule has 4 rings (SSSR count). The molecular weight excluding hydrogens is 354 g/mol. The zero-order chi connectivity index (χ0) is 16.3. The molecule has 3 heterocycles. The van der Waals surface area contributed by atoms with Crippen LogP contribution in [0.5, 0.6) is 0 Å². The Bertz CT molecular complexity index is 569. The topological polar surface area (TPSA) is 49.8 Å². The highest BCUT2D eigenvalue weighted by molar-refractivity contribution is 9.11. The lowest BCUT2D eigenvalue weighted by molar-refractivity contribution is -0.181. The SMILES string of the molecule is O=C(OC1CN2CCC1CC2)C(O)(C/C=C/[76Br])c1ccccc1. The van der Waals surface area contributed by atoms with Crippen molar-refractivity contribution >= 4 is 21.9 Å². The first-order chi connectivity index (χ1) is 11.1. The average molecular weight is 376 g/mol. The third-order valence-electron chi connectivity index (χ3n) is 4.95. The third-order valence-corrected chi connectivity index (χ3v) is 5.32. The van der Waals surface area contributed by atoms with Gasteiger partial charge in [-0.25, -0.2) is 4.79 Å². The predicted molar refractivity (Wildman–Crippen MR) is 92.1 cm³/mol. The number of fused-ring (bicyclic) bond motifs is 3. The van der Waals surface area contributed by atoms with Crippen molar-refractivity contribution in [1.29, 1.82) is 0 Å². The van der Waals surface area contributed by atoms with Crippen molar-refractivity contribution in [3.8, 4) is 0 Å². The Hall–Kier alpha value is -1.17. The van der Waals surface area contributed by atoms with Crippen LogP contribution in [0.4, 0.5) is 0 Å². The summed E-state index contributed by atoms with van der Waals surface area (Å²) in [6.45, 7) is 2.97. The van der Waals surface area contributed by atoms with Crippen molar-refractivity contribution < 1.29 is 14.6 Å². The molecule has 0 spiro atoms. The van der Waals surface area contributed by atoms with Crippen LogP contribution in [0, 0.1) is 5.92 Å². The van der Waals surface area contributed by atoms with Gasteiger partial charge >= 0.3 is 5.97 Å². The van der Waals surface area contributed by atoms with E-state index in [1.807, 2.05) is 18.2 Å². The normalized spacial score (nSPS) is 29.4. The van der Waals surface area contributed by atoms with Crippen molar-refractivity contribution in [2.75, 3.05) is 19.6 Å². The van der Waals surface area contributed by atoms with Gasteiger partial charge in [-0.15, -0.1) is 0 Å². The van der Waals surface area contributed by atoms with Crippen LogP contribution in [-0.2, 0) is 15.1 Å². The Morgan fingerprint density at radius 2 is 2.04 bits per heavy atom. The lowest BCUT2D eigenvalue weighted by atomic mass is 9.85. The molecule has 3 aliphatic rings. The smallest absolute Gasteiger partial charge is 0.343 e. The van der Waals surface area contributed by atoms with E-state index in [0.29, 0.717) is 11.5 Å². The van der Waals surface area contributed by atoms with Gasteiger partial charge in [0.15, 0.2) is 5.60 Å². The van der Waals surface area contributed by atoms with E-state index in [1.165, 1.54) is 0 Å². The fourth-order valence-electron chi connectivity index (χ4n) is 3.53. The minimum absolute atomic E-state index is 0.104. The van der Waals surface area contributed by atoms with Crippen molar-refractivity contribution in [2.24, 2.45) is 5.92 Å². The largest absolute Gasteiger partial charge is 0.458 e. The van der Waals surface area contributed by atoms with Gasteiger partial charge in [-0.3, -0.25) is 4.90 Å². The van der Waals surface area contributed by atoms with Gasteiger partial charge in [0.25, 0.3) is 0 Å². The second-order valence-corrected chi connectivity index (χ2v) is 6.90. The molecule has 2 bridgehead atoms. The molecule has 2 atom stereocenters. The number of aliphatic hydroxyl groups is 1. The number of nitrogens with zero attached hydrogens (tertiary/aromatic N) is 1. The zero-order valence-corrected chi connectivity index (χ0v) is 14.6. The van der Waals surface area contributed by atoms with E-state index < -0.39 is 11.6 Å². The molecule has 0 saturated carbocycles. The van der Waals surface area contributed by atoms with Gasteiger partial charge in [0.05, 0.1) is 0 Å². The molecule has 23 heavy (non-hydrogen) atoms. The Morgan fingerprint density at radius 1 is 1.35 bits per heavy atom. The number of carbonyl (C=O) groups is 1. The number of piperidine rings is 3. The number of hydrogen-bond donors (Lipinski definition) is 1. The molecule has 2 unspecified atom stereocenters. The van der Waals surface area contributed by atoms with Crippen LogP contribution in [0.2, 0.25) is 0 Å². The summed E-state index contributed by atoms with van der Waals surface area (Å²) in [6.07, 6.45) is 3.95. The minimum Gasteiger partial charge on any atom is -0.458 e. The van der Waals surface area contributed by atoms with Crippen molar-refractivity contribution in [3.05, 3.63) is 47.0 Å². The van der Waals surface area contributed by atoms with Crippen LogP contribution in [-0.4, -0.2) is 41.7 Å². The van der Waals surface area contributed by atoms with E-state index in [2.05, 4.69) is 20.8 Å². The summed E-state index contributed by atoms with van der Waals surface area (Å²) >= 11 is 3.20. The van der Waals surface area contributed by atoms with Crippen LogP contribution in [0.25, 0.3) is 0 Å². The molecular formula is C18H22BrNO3. The molecule has 5 heteroatoms. The quantitative estimate of drug-likeness (QED) is 0.803. The number of rotatable bonds is 5. The van der Waals surface area contributed by atoms with Gasteiger partial charge in [-0.2, -0.15) is 0 Å². The van der Waals surface area contributed by atoms with Gasteiger partial charge in [0, 0.05) is 13.0 Å². The zero-order valence-electron chi connectivity index (χ0n) is 13.0. The first-order valence-electron chi connectivity index (χ1n) is 8.10. The standard InChI is InChI=1S/C18H22BrNO3/c19-10-4-9-18(22,15-5-2-1-3-6-15)17(21)23-16-13-20-11-7-14(16)8-12-20/h1-6,10,14,16,22H,7-9,11-13H2/b10-4+/i19-4. The molecule has 3 aliphatic heterocycles. The highest BCUT2D eigenvalue weighted by atomic mass is 75.9. The number of esters is 1. The van der Waals surface area contributed by atoms with Gasteiger partial charge in [0.2, 0.25) is 0 Å². The molecule has 4 nitrogen and oxygen atoms in total. The van der Waals surface area contributed by atoms with E-state index in [4.69, 9.17) is 4.74 Å². The average Bonchev–Trinajstić information content (AvgIpc) is 2.61. The van der Waals surface area contributed by atoms with Gasteiger partial charge in [0.1, 0.15) is 6.10 Å². The Labute approximate surface area is 145 Å². The molecule has 0 radical (unpaired) electrons. The maximum atomic E-state index is 12.8. The number of carbonyl (C=O) groups excluding carboxylic acids is 1. The number of hydrogen-bond acceptors (Lipinski definition) is 4.